The largest absolute Gasteiger partial charge is 0.497 e. The van der Waals surface area contributed by atoms with Gasteiger partial charge in [0.1, 0.15) is 11.9 Å². The maximum absolute atomic E-state index is 6.07. The first-order chi connectivity index (χ1) is 8.70. The zero-order valence-electron chi connectivity index (χ0n) is 10.7. The van der Waals surface area contributed by atoms with E-state index < -0.39 is 0 Å². The van der Waals surface area contributed by atoms with Crippen molar-refractivity contribution >= 4 is 17.3 Å². The Kier molecular flexibility index (Phi) is 4.37. The number of nitrogens with one attached hydrogen (secondary N) is 1. The predicted molar refractivity (Wildman–Crippen MR) is 74.5 cm³/mol. The molecule has 0 saturated carbocycles. The first-order valence-electron chi connectivity index (χ1n) is 6.09. The molecule has 0 fully saturated rings. The van der Waals surface area contributed by atoms with Gasteiger partial charge in [-0.05, 0) is 37.5 Å². The van der Waals surface area contributed by atoms with Gasteiger partial charge in [0.15, 0.2) is 0 Å². The van der Waals surface area contributed by atoms with E-state index in [1.165, 1.54) is 0 Å². The summed E-state index contributed by atoms with van der Waals surface area (Å²) in [5, 5.41) is 4.08. The van der Waals surface area contributed by atoms with Crippen LogP contribution in [-0.4, -0.2) is 19.8 Å². The summed E-state index contributed by atoms with van der Waals surface area (Å²) in [5.41, 5.74) is 1.99. The summed E-state index contributed by atoms with van der Waals surface area (Å²) in [6, 6.07) is 3.83. The highest BCUT2D eigenvalue weighted by atomic mass is 35.5. The molecule has 1 atom stereocenters. The Bertz CT molecular complexity index is 446. The number of anilines is 1. The van der Waals surface area contributed by atoms with Crippen molar-refractivity contribution in [1.82, 2.24) is 0 Å². The molecule has 1 aromatic rings. The zero-order chi connectivity index (χ0) is 13.0. The lowest BCUT2D eigenvalue weighted by atomic mass is 10.1. The minimum Gasteiger partial charge on any atom is -0.497 e. The molecule has 0 radical (unpaired) electrons. The van der Waals surface area contributed by atoms with E-state index in [9.17, 15) is 0 Å². The van der Waals surface area contributed by atoms with E-state index in [-0.39, 0.29) is 6.10 Å². The third-order valence-corrected chi connectivity index (χ3v) is 3.43. The number of ether oxygens (including phenoxy) is 2. The molecule has 3 nitrogen and oxygen atoms in total. The molecule has 1 aliphatic heterocycles. The first-order valence-corrected chi connectivity index (χ1v) is 6.47. The monoisotopic (exact) mass is 267 g/mol. The molecule has 0 spiro atoms. The van der Waals surface area contributed by atoms with Crippen LogP contribution in [0.3, 0.4) is 0 Å². The molecular weight excluding hydrogens is 250 g/mol. The Balaban J connectivity index is 2.03. The number of rotatable bonds is 4. The van der Waals surface area contributed by atoms with Crippen LogP contribution in [0.4, 0.5) is 5.69 Å². The van der Waals surface area contributed by atoms with Crippen molar-refractivity contribution in [3.8, 4) is 5.75 Å². The molecule has 1 aliphatic rings. The van der Waals surface area contributed by atoms with Gasteiger partial charge in [0.05, 0.1) is 25.6 Å². The van der Waals surface area contributed by atoms with Gasteiger partial charge in [0.25, 0.3) is 0 Å². The van der Waals surface area contributed by atoms with Gasteiger partial charge in [0, 0.05) is 11.1 Å². The van der Waals surface area contributed by atoms with Gasteiger partial charge in [-0.3, -0.25) is 0 Å². The van der Waals surface area contributed by atoms with E-state index in [2.05, 4.69) is 5.32 Å². The second-order valence-electron chi connectivity index (χ2n) is 4.39. The van der Waals surface area contributed by atoms with E-state index in [0.717, 1.165) is 36.4 Å². The summed E-state index contributed by atoms with van der Waals surface area (Å²) in [7, 11) is 1.64. The Morgan fingerprint density at radius 1 is 1.50 bits per heavy atom. The van der Waals surface area contributed by atoms with Crippen molar-refractivity contribution in [2.24, 2.45) is 0 Å². The molecule has 0 amide bonds. The second kappa shape index (κ2) is 6.01. The standard InChI is InChI=1S/C14H18ClNO2/c1-10-7-13(14(17-2)8-12(10)15)16-9-11-5-3-4-6-18-11/h4,6-8,11,16H,3,5,9H2,1-2H3. The predicted octanol–water partition coefficient (Wildman–Crippen LogP) is 3.76. The van der Waals surface area contributed by atoms with Gasteiger partial charge in [-0.2, -0.15) is 0 Å². The SMILES string of the molecule is COc1cc(Cl)c(C)cc1NCC1CCC=CO1. The summed E-state index contributed by atoms with van der Waals surface area (Å²) in [6.45, 7) is 2.74. The van der Waals surface area contributed by atoms with Crippen molar-refractivity contribution in [3.05, 3.63) is 35.1 Å². The van der Waals surface area contributed by atoms with Gasteiger partial charge in [0.2, 0.25) is 0 Å². The summed E-state index contributed by atoms with van der Waals surface area (Å²) in [5.74, 6) is 0.761. The van der Waals surface area contributed by atoms with Crippen LogP contribution in [0.25, 0.3) is 0 Å². The molecule has 1 N–H and O–H groups in total. The molecule has 98 valence electrons. The number of hydrogen-bond acceptors (Lipinski definition) is 3. The van der Waals surface area contributed by atoms with Gasteiger partial charge in [-0.15, -0.1) is 0 Å². The van der Waals surface area contributed by atoms with Crippen LogP contribution in [0.2, 0.25) is 5.02 Å². The zero-order valence-corrected chi connectivity index (χ0v) is 11.5. The first kappa shape index (κ1) is 13.1. The molecule has 0 aliphatic carbocycles. The summed E-state index contributed by atoms with van der Waals surface area (Å²) in [4.78, 5) is 0. The second-order valence-corrected chi connectivity index (χ2v) is 4.80. The summed E-state index contributed by atoms with van der Waals surface area (Å²) in [6.07, 6.45) is 6.15. The Morgan fingerprint density at radius 2 is 2.33 bits per heavy atom. The molecule has 1 heterocycles. The van der Waals surface area contributed by atoms with Crippen LogP contribution in [0.1, 0.15) is 18.4 Å². The number of methoxy groups -OCH3 is 1. The number of hydrogen-bond donors (Lipinski definition) is 1. The lowest BCUT2D eigenvalue weighted by Gasteiger charge is -2.21. The van der Waals surface area contributed by atoms with Crippen LogP contribution in [0.15, 0.2) is 24.5 Å². The fraction of sp³-hybridized carbons (Fsp3) is 0.429. The highest BCUT2D eigenvalue weighted by Crippen LogP contribution is 2.31. The van der Waals surface area contributed by atoms with Crippen molar-refractivity contribution in [2.45, 2.75) is 25.9 Å². The number of allylic oxidation sites excluding steroid dienone is 1. The van der Waals surface area contributed by atoms with Crippen LogP contribution < -0.4 is 10.1 Å². The average Bonchev–Trinajstić information content (AvgIpc) is 2.41. The van der Waals surface area contributed by atoms with E-state index in [1.54, 1.807) is 13.4 Å². The molecule has 0 bridgehead atoms. The minimum atomic E-state index is 0.218. The van der Waals surface area contributed by atoms with Crippen molar-refractivity contribution in [2.75, 3.05) is 19.0 Å². The average molecular weight is 268 g/mol. The highest BCUT2D eigenvalue weighted by Gasteiger charge is 2.12. The lowest BCUT2D eigenvalue weighted by molar-refractivity contribution is 0.135. The molecule has 18 heavy (non-hydrogen) atoms. The molecule has 2 rings (SSSR count). The Hall–Kier alpha value is -1.35. The van der Waals surface area contributed by atoms with Gasteiger partial charge in [-0.1, -0.05) is 11.6 Å². The minimum absolute atomic E-state index is 0.218. The molecule has 4 heteroatoms. The van der Waals surface area contributed by atoms with Crippen LogP contribution in [-0.2, 0) is 4.74 Å². The van der Waals surface area contributed by atoms with E-state index in [0.29, 0.717) is 5.02 Å². The normalized spacial score (nSPS) is 18.3. The number of benzene rings is 1. The fourth-order valence-corrected chi connectivity index (χ4v) is 2.08. The summed E-state index contributed by atoms with van der Waals surface area (Å²) >= 11 is 6.07. The maximum atomic E-state index is 6.07. The molecular formula is C14H18ClNO2. The van der Waals surface area contributed by atoms with Gasteiger partial charge >= 0.3 is 0 Å². The van der Waals surface area contributed by atoms with Crippen molar-refractivity contribution in [3.63, 3.8) is 0 Å². The van der Waals surface area contributed by atoms with E-state index in [1.807, 2.05) is 25.1 Å². The van der Waals surface area contributed by atoms with Crippen LogP contribution >= 0.6 is 11.6 Å². The van der Waals surface area contributed by atoms with Crippen molar-refractivity contribution < 1.29 is 9.47 Å². The fourth-order valence-electron chi connectivity index (χ4n) is 1.93. The third-order valence-electron chi connectivity index (χ3n) is 3.02. The smallest absolute Gasteiger partial charge is 0.143 e. The molecule has 0 aromatic heterocycles. The summed E-state index contributed by atoms with van der Waals surface area (Å²) < 4.78 is 10.8. The van der Waals surface area contributed by atoms with E-state index >= 15 is 0 Å². The van der Waals surface area contributed by atoms with Crippen LogP contribution in [0, 0.1) is 6.92 Å². The van der Waals surface area contributed by atoms with Gasteiger partial charge in [-0.25, -0.2) is 0 Å². The Morgan fingerprint density at radius 3 is 3.00 bits per heavy atom. The molecule has 1 unspecified atom stereocenters. The lowest BCUT2D eigenvalue weighted by Crippen LogP contribution is -2.23. The van der Waals surface area contributed by atoms with Gasteiger partial charge < -0.3 is 14.8 Å². The van der Waals surface area contributed by atoms with Crippen LogP contribution in [0.5, 0.6) is 5.75 Å². The third kappa shape index (κ3) is 3.10. The maximum Gasteiger partial charge on any atom is 0.143 e. The quantitative estimate of drug-likeness (QED) is 0.901. The van der Waals surface area contributed by atoms with Crippen molar-refractivity contribution in [1.29, 1.82) is 0 Å². The molecule has 0 saturated heterocycles. The molecule has 1 aromatic carbocycles. The highest BCUT2D eigenvalue weighted by molar-refractivity contribution is 6.31. The Labute approximate surface area is 113 Å². The van der Waals surface area contributed by atoms with E-state index in [4.69, 9.17) is 21.1 Å². The number of halogens is 1. The topological polar surface area (TPSA) is 30.5 Å². The number of aryl methyl sites for hydroxylation is 1.